The first-order valence-corrected chi connectivity index (χ1v) is 17.3. The molecule has 1 fully saturated rings. The van der Waals surface area contributed by atoms with Gasteiger partial charge in [0.2, 0.25) is 5.91 Å². The van der Waals surface area contributed by atoms with E-state index in [1.807, 2.05) is 44.7 Å². The Labute approximate surface area is 289 Å². The van der Waals surface area contributed by atoms with Crippen LogP contribution in [0.15, 0.2) is 53.5 Å². The van der Waals surface area contributed by atoms with Crippen molar-refractivity contribution in [3.05, 3.63) is 82.1 Å². The molecule has 0 bridgehead atoms. The number of hydrogen-bond donors (Lipinski definition) is 1. The van der Waals surface area contributed by atoms with E-state index in [1.54, 1.807) is 17.0 Å². The summed E-state index contributed by atoms with van der Waals surface area (Å²) >= 11 is 4.86. The second kappa shape index (κ2) is 14.3. The molecule has 1 saturated heterocycles. The molecule has 2 aliphatic rings. The van der Waals surface area contributed by atoms with Crippen molar-refractivity contribution >= 4 is 51.8 Å². The highest BCUT2D eigenvalue weighted by atomic mass is 35.5. The Kier molecular flexibility index (Phi) is 10.6. The van der Waals surface area contributed by atoms with Crippen molar-refractivity contribution in [2.45, 2.75) is 59.2 Å². The van der Waals surface area contributed by atoms with Crippen LogP contribution in [0.3, 0.4) is 0 Å². The summed E-state index contributed by atoms with van der Waals surface area (Å²) in [5.41, 5.74) is 11.2. The first kappa shape index (κ1) is 35.5. The number of benzene rings is 2. The number of amidine groups is 1. The number of aromatic nitrogens is 1. The standard InChI is InChI=1S/C35H43ClFN7O3S/c1-9-30(45)42-16-23(6)43(17-22(42)5)35-26-15-27(36)32(31-28(37)11-10-12-29(31)38)39-34(26)44(19-47-48(46)40-35)33-21(4)13-24(18-41(7)8)14-25(33)20(2)3/h9-15,20,22-23H,1,16-19,38H2,2-8H3/b40-35+. The van der Waals surface area contributed by atoms with Gasteiger partial charge in [-0.25, -0.2) is 13.6 Å². The summed E-state index contributed by atoms with van der Waals surface area (Å²) < 4.78 is 39.3. The molecule has 5 rings (SSSR count). The molecule has 1 aromatic heterocycles. The second-order valence-electron chi connectivity index (χ2n) is 13.0. The van der Waals surface area contributed by atoms with Crippen molar-refractivity contribution < 1.29 is 17.6 Å². The SMILES string of the molecule is C=CC(=O)N1CC(C)N(/C2=N/S(=O)OCN(c3c(C)cc(CN(C)C)cc3C(C)C)c3nc(-c4c(N)cccc4F)c(Cl)cc32)CC1C. The average Bonchev–Trinajstić information content (AvgIpc) is 3.01. The zero-order chi connectivity index (χ0) is 35.0. The van der Waals surface area contributed by atoms with Crippen molar-refractivity contribution in [2.24, 2.45) is 4.40 Å². The van der Waals surface area contributed by atoms with Crippen molar-refractivity contribution in [1.29, 1.82) is 0 Å². The predicted molar refractivity (Wildman–Crippen MR) is 192 cm³/mol. The van der Waals surface area contributed by atoms with Crippen LogP contribution in [0, 0.1) is 12.7 Å². The molecule has 0 spiro atoms. The lowest BCUT2D eigenvalue weighted by Gasteiger charge is -2.45. The Balaban J connectivity index is 1.79. The Bertz CT molecular complexity index is 1780. The largest absolute Gasteiger partial charge is 0.398 e. The van der Waals surface area contributed by atoms with E-state index in [0.717, 1.165) is 28.9 Å². The van der Waals surface area contributed by atoms with E-state index in [-0.39, 0.29) is 52.6 Å². The van der Waals surface area contributed by atoms with Crippen LogP contribution < -0.4 is 10.6 Å². The number of carbonyl (C=O) groups excluding carboxylic acids is 1. The minimum Gasteiger partial charge on any atom is -0.398 e. The summed E-state index contributed by atoms with van der Waals surface area (Å²) in [6, 6.07) is 9.97. The molecule has 0 saturated carbocycles. The van der Waals surface area contributed by atoms with Gasteiger partial charge in [0, 0.05) is 37.4 Å². The predicted octanol–water partition coefficient (Wildman–Crippen LogP) is 6.18. The van der Waals surface area contributed by atoms with Crippen molar-refractivity contribution in [2.75, 3.05) is 44.5 Å². The fourth-order valence-corrected chi connectivity index (χ4v) is 7.33. The maximum Gasteiger partial charge on any atom is 0.288 e. The minimum absolute atomic E-state index is 0.0796. The molecule has 2 aromatic carbocycles. The Morgan fingerprint density at radius 2 is 1.96 bits per heavy atom. The second-order valence-corrected chi connectivity index (χ2v) is 14.2. The molecule has 3 atom stereocenters. The van der Waals surface area contributed by atoms with Crippen molar-refractivity contribution in [3.63, 3.8) is 0 Å². The number of anilines is 3. The summed E-state index contributed by atoms with van der Waals surface area (Å²) in [5, 5.41) is 0.147. The van der Waals surface area contributed by atoms with Gasteiger partial charge in [-0.05, 0) is 81.7 Å². The molecule has 48 heavy (non-hydrogen) atoms. The van der Waals surface area contributed by atoms with E-state index in [1.165, 1.54) is 18.2 Å². The van der Waals surface area contributed by atoms with Gasteiger partial charge in [-0.2, -0.15) is 0 Å². The first-order valence-electron chi connectivity index (χ1n) is 15.9. The number of fused-ring (bicyclic) bond motifs is 1. The monoisotopic (exact) mass is 695 g/mol. The summed E-state index contributed by atoms with van der Waals surface area (Å²) in [4.78, 5) is 25.4. The third-order valence-electron chi connectivity index (χ3n) is 8.67. The molecule has 3 aromatic rings. The molecule has 0 radical (unpaired) electrons. The third kappa shape index (κ3) is 6.98. The molecule has 3 unspecified atom stereocenters. The van der Waals surface area contributed by atoms with Gasteiger partial charge in [0.15, 0.2) is 5.84 Å². The van der Waals surface area contributed by atoms with E-state index in [0.29, 0.717) is 30.3 Å². The zero-order valence-corrected chi connectivity index (χ0v) is 30.0. The van der Waals surface area contributed by atoms with Gasteiger partial charge in [0.25, 0.3) is 11.3 Å². The summed E-state index contributed by atoms with van der Waals surface area (Å²) in [7, 11) is 4.05. The number of piperazine rings is 1. The van der Waals surface area contributed by atoms with E-state index in [4.69, 9.17) is 26.5 Å². The van der Waals surface area contributed by atoms with Crippen LogP contribution in [0.4, 0.5) is 21.6 Å². The van der Waals surface area contributed by atoms with Crippen molar-refractivity contribution in [1.82, 2.24) is 19.7 Å². The minimum atomic E-state index is -2.09. The maximum absolute atomic E-state index is 15.4. The van der Waals surface area contributed by atoms with E-state index in [2.05, 4.69) is 41.9 Å². The fourth-order valence-electron chi connectivity index (χ4n) is 6.49. The molecule has 256 valence electrons. The Morgan fingerprint density at radius 1 is 1.23 bits per heavy atom. The van der Waals surface area contributed by atoms with Gasteiger partial charge >= 0.3 is 0 Å². The van der Waals surface area contributed by atoms with E-state index >= 15 is 4.39 Å². The molecular formula is C35H43ClFN7O3S. The highest BCUT2D eigenvalue weighted by Gasteiger charge is 2.37. The fraction of sp³-hybridized carbons (Fsp3) is 0.400. The summed E-state index contributed by atoms with van der Waals surface area (Å²) in [6.07, 6.45) is 1.31. The van der Waals surface area contributed by atoms with Gasteiger partial charge in [0.05, 0.1) is 27.5 Å². The van der Waals surface area contributed by atoms with Crippen LogP contribution >= 0.6 is 11.6 Å². The molecule has 2 N–H and O–H groups in total. The number of hydrogen-bond acceptors (Lipinski definition) is 8. The lowest BCUT2D eigenvalue weighted by Crippen LogP contribution is -2.59. The lowest BCUT2D eigenvalue weighted by molar-refractivity contribution is -0.130. The maximum atomic E-state index is 15.4. The number of rotatable bonds is 6. The summed E-state index contributed by atoms with van der Waals surface area (Å²) in [5.74, 6) is 0.0957. The van der Waals surface area contributed by atoms with E-state index < -0.39 is 17.1 Å². The molecule has 1 amide bonds. The highest BCUT2D eigenvalue weighted by Crippen LogP contribution is 2.42. The molecule has 10 nitrogen and oxygen atoms in total. The normalized spacial score (nSPS) is 21.1. The van der Waals surface area contributed by atoms with Gasteiger partial charge in [0.1, 0.15) is 18.4 Å². The molecule has 2 aliphatic heterocycles. The Morgan fingerprint density at radius 3 is 2.60 bits per heavy atom. The smallest absolute Gasteiger partial charge is 0.288 e. The number of aryl methyl sites for hydroxylation is 1. The van der Waals surface area contributed by atoms with Crippen LogP contribution in [0.1, 0.15) is 55.9 Å². The first-order chi connectivity index (χ1) is 22.7. The number of pyridine rings is 1. The van der Waals surface area contributed by atoms with Gasteiger partial charge in [-0.15, -0.1) is 4.40 Å². The van der Waals surface area contributed by atoms with E-state index in [9.17, 15) is 9.00 Å². The number of carbonyl (C=O) groups is 1. The third-order valence-corrected chi connectivity index (χ3v) is 9.59. The average molecular weight is 696 g/mol. The van der Waals surface area contributed by atoms with Crippen LogP contribution in [0.2, 0.25) is 5.02 Å². The number of amides is 1. The zero-order valence-electron chi connectivity index (χ0n) is 28.5. The topological polar surface area (TPSA) is 108 Å². The van der Waals surface area contributed by atoms with Gasteiger partial charge in [-0.3, -0.25) is 13.9 Å². The number of nitrogens with zero attached hydrogens (tertiary/aromatic N) is 6. The molecule has 0 aliphatic carbocycles. The number of nitrogen functional groups attached to an aromatic ring is 1. The molecule has 3 heterocycles. The number of nitrogens with two attached hydrogens (primary N) is 1. The van der Waals surface area contributed by atoms with Crippen LogP contribution in [0.5, 0.6) is 0 Å². The highest BCUT2D eigenvalue weighted by molar-refractivity contribution is 7.79. The summed E-state index contributed by atoms with van der Waals surface area (Å²) in [6.45, 7) is 15.2. The van der Waals surface area contributed by atoms with Crippen molar-refractivity contribution in [3.8, 4) is 11.3 Å². The van der Waals surface area contributed by atoms with Crippen LogP contribution in [-0.2, 0) is 26.8 Å². The quantitative estimate of drug-likeness (QED) is 0.241. The van der Waals surface area contributed by atoms with Crippen LogP contribution in [-0.4, -0.2) is 81.6 Å². The van der Waals surface area contributed by atoms with Crippen LogP contribution in [0.25, 0.3) is 11.3 Å². The molecule has 13 heteroatoms. The van der Waals surface area contributed by atoms with Gasteiger partial charge < -0.3 is 20.4 Å². The molecular weight excluding hydrogens is 653 g/mol. The Hall–Kier alpha value is -3.84. The van der Waals surface area contributed by atoms with Gasteiger partial charge in [-0.1, -0.05) is 50.2 Å². The lowest BCUT2D eigenvalue weighted by atomic mass is 9.94. The number of halogens is 2.